The lowest BCUT2D eigenvalue weighted by molar-refractivity contribution is -0.145. The maximum absolute atomic E-state index is 12.2. The van der Waals surface area contributed by atoms with Gasteiger partial charge in [-0.05, 0) is 19.9 Å². The maximum atomic E-state index is 12.2. The summed E-state index contributed by atoms with van der Waals surface area (Å²) in [6.45, 7) is 2.44. The van der Waals surface area contributed by atoms with Gasteiger partial charge in [0.2, 0.25) is 11.8 Å². The van der Waals surface area contributed by atoms with Crippen LogP contribution in [-0.4, -0.2) is 71.9 Å². The van der Waals surface area contributed by atoms with Crippen LogP contribution in [0.2, 0.25) is 0 Å². The number of nitrogens with zero attached hydrogens (tertiary/aromatic N) is 1. The highest BCUT2D eigenvalue weighted by Crippen LogP contribution is 2.11. The lowest BCUT2D eigenvalue weighted by atomic mass is 10.1. The fourth-order valence-electron chi connectivity index (χ4n) is 2.12. The van der Waals surface area contributed by atoms with E-state index >= 15 is 0 Å². The van der Waals surface area contributed by atoms with Crippen LogP contribution in [0, 0.1) is 0 Å². The SMILES string of the molecule is CNCCNC(=O)[C@H](CC(=O)O)N(C)C(=O)CCCCCSC(C)=O. The number of amides is 2. The number of hydrogen-bond acceptors (Lipinski definition) is 6. The summed E-state index contributed by atoms with van der Waals surface area (Å²) < 4.78 is 0. The first-order valence-electron chi connectivity index (χ1n) is 8.32. The van der Waals surface area contributed by atoms with Crippen molar-refractivity contribution in [2.24, 2.45) is 0 Å². The van der Waals surface area contributed by atoms with Crippen molar-refractivity contribution in [1.82, 2.24) is 15.5 Å². The van der Waals surface area contributed by atoms with Gasteiger partial charge in [-0.15, -0.1) is 0 Å². The number of carboxylic acids is 1. The van der Waals surface area contributed by atoms with Crippen LogP contribution >= 0.6 is 11.8 Å². The minimum absolute atomic E-state index is 0.0802. The van der Waals surface area contributed by atoms with Crippen LogP contribution in [-0.2, 0) is 19.2 Å². The molecule has 0 unspecified atom stereocenters. The standard InChI is InChI=1S/C16H29N3O5S/c1-12(20)25-10-6-4-5-7-14(21)19(3)13(11-15(22)23)16(24)18-9-8-17-2/h13,17H,4-11H2,1-3H3,(H,18,24)(H,22,23)/t13-/m0/s1. The Balaban J connectivity index is 4.39. The number of hydrogen-bond donors (Lipinski definition) is 3. The molecule has 25 heavy (non-hydrogen) atoms. The van der Waals surface area contributed by atoms with E-state index in [1.54, 1.807) is 7.05 Å². The summed E-state index contributed by atoms with van der Waals surface area (Å²) in [6, 6.07) is -1.02. The van der Waals surface area contributed by atoms with Crippen LogP contribution in [0.25, 0.3) is 0 Å². The van der Waals surface area contributed by atoms with Crippen molar-refractivity contribution in [2.45, 2.75) is 45.1 Å². The third-order valence-electron chi connectivity index (χ3n) is 3.55. The first-order valence-corrected chi connectivity index (χ1v) is 9.31. The summed E-state index contributed by atoms with van der Waals surface area (Å²) >= 11 is 1.26. The smallest absolute Gasteiger partial charge is 0.305 e. The molecule has 2 amide bonds. The molecular formula is C16H29N3O5S. The Bertz CT molecular complexity index is 459. The first-order chi connectivity index (χ1) is 11.8. The predicted molar refractivity (Wildman–Crippen MR) is 97.4 cm³/mol. The second-order valence-corrected chi connectivity index (χ2v) is 6.94. The Hall–Kier alpha value is -1.61. The minimum Gasteiger partial charge on any atom is -0.481 e. The summed E-state index contributed by atoms with van der Waals surface area (Å²) in [6.07, 6.45) is 2.11. The molecule has 1 atom stereocenters. The lowest BCUT2D eigenvalue weighted by Gasteiger charge is -2.26. The highest BCUT2D eigenvalue weighted by molar-refractivity contribution is 8.13. The van der Waals surface area contributed by atoms with Crippen LogP contribution in [0.1, 0.15) is 39.0 Å². The number of thioether (sulfide) groups is 1. The van der Waals surface area contributed by atoms with Crippen LogP contribution in [0.15, 0.2) is 0 Å². The van der Waals surface area contributed by atoms with E-state index in [0.29, 0.717) is 19.5 Å². The number of unbranched alkanes of at least 4 members (excludes halogenated alkanes) is 2. The van der Waals surface area contributed by atoms with Gasteiger partial charge in [0.25, 0.3) is 0 Å². The molecule has 0 saturated carbocycles. The molecule has 0 saturated heterocycles. The molecule has 3 N–H and O–H groups in total. The van der Waals surface area contributed by atoms with Gasteiger partial charge < -0.3 is 20.6 Å². The highest BCUT2D eigenvalue weighted by atomic mass is 32.2. The molecule has 144 valence electrons. The van der Waals surface area contributed by atoms with Crippen LogP contribution < -0.4 is 10.6 Å². The van der Waals surface area contributed by atoms with Crippen LogP contribution in [0.5, 0.6) is 0 Å². The number of aliphatic carboxylic acids is 1. The average Bonchev–Trinajstić information content (AvgIpc) is 2.54. The summed E-state index contributed by atoms with van der Waals surface area (Å²) in [5, 5.41) is 14.6. The molecule has 0 bridgehead atoms. The summed E-state index contributed by atoms with van der Waals surface area (Å²) in [7, 11) is 3.20. The Kier molecular flexibility index (Phi) is 12.8. The Morgan fingerprint density at radius 2 is 1.80 bits per heavy atom. The van der Waals surface area contributed by atoms with Crippen molar-refractivity contribution >= 4 is 34.7 Å². The van der Waals surface area contributed by atoms with E-state index in [4.69, 9.17) is 5.11 Å². The van der Waals surface area contributed by atoms with Gasteiger partial charge in [-0.3, -0.25) is 19.2 Å². The van der Waals surface area contributed by atoms with Crippen molar-refractivity contribution in [1.29, 1.82) is 0 Å². The van der Waals surface area contributed by atoms with Gasteiger partial charge in [0.05, 0.1) is 6.42 Å². The molecule has 0 heterocycles. The van der Waals surface area contributed by atoms with Crippen molar-refractivity contribution in [3.05, 3.63) is 0 Å². The van der Waals surface area contributed by atoms with E-state index in [-0.39, 0.29) is 17.4 Å². The van der Waals surface area contributed by atoms with Gasteiger partial charge >= 0.3 is 5.97 Å². The molecule has 8 nitrogen and oxygen atoms in total. The molecule has 0 aliphatic heterocycles. The van der Waals surface area contributed by atoms with Gasteiger partial charge in [0.15, 0.2) is 5.12 Å². The van der Waals surface area contributed by atoms with Crippen molar-refractivity contribution in [3.63, 3.8) is 0 Å². The second-order valence-electron chi connectivity index (χ2n) is 5.66. The molecule has 0 aromatic carbocycles. The maximum Gasteiger partial charge on any atom is 0.305 e. The fraction of sp³-hybridized carbons (Fsp3) is 0.750. The van der Waals surface area contributed by atoms with Gasteiger partial charge in [-0.25, -0.2) is 0 Å². The van der Waals surface area contributed by atoms with E-state index in [1.807, 2.05) is 0 Å². The molecule has 0 rings (SSSR count). The topological polar surface area (TPSA) is 116 Å². The fourth-order valence-corrected chi connectivity index (χ4v) is 2.76. The number of nitrogens with one attached hydrogen (secondary N) is 2. The Labute approximate surface area is 153 Å². The van der Waals surface area contributed by atoms with E-state index in [2.05, 4.69) is 10.6 Å². The number of likely N-dealkylation sites (N-methyl/N-ethyl adjacent to an activating group) is 2. The molecule has 0 aromatic rings. The molecular weight excluding hydrogens is 346 g/mol. The average molecular weight is 375 g/mol. The van der Waals surface area contributed by atoms with E-state index in [9.17, 15) is 19.2 Å². The van der Waals surface area contributed by atoms with Gasteiger partial charge in [0, 0.05) is 39.2 Å². The highest BCUT2D eigenvalue weighted by Gasteiger charge is 2.28. The largest absolute Gasteiger partial charge is 0.481 e. The molecule has 0 aliphatic carbocycles. The van der Waals surface area contributed by atoms with Crippen LogP contribution in [0.3, 0.4) is 0 Å². The Morgan fingerprint density at radius 1 is 1.12 bits per heavy atom. The summed E-state index contributed by atoms with van der Waals surface area (Å²) in [5.41, 5.74) is 0. The quantitative estimate of drug-likeness (QED) is 0.401. The molecule has 0 aliphatic rings. The van der Waals surface area contributed by atoms with Gasteiger partial charge in [0.1, 0.15) is 6.04 Å². The number of carbonyl (C=O) groups excluding carboxylic acids is 3. The monoisotopic (exact) mass is 375 g/mol. The number of carbonyl (C=O) groups is 4. The number of carboxylic acid groups (broad SMARTS) is 1. The van der Waals surface area contributed by atoms with Crippen molar-refractivity contribution < 1.29 is 24.3 Å². The second kappa shape index (κ2) is 13.7. The number of rotatable bonds is 13. The molecule has 9 heteroatoms. The van der Waals surface area contributed by atoms with Gasteiger partial charge in [-0.2, -0.15) is 0 Å². The summed E-state index contributed by atoms with van der Waals surface area (Å²) in [4.78, 5) is 47.4. The Morgan fingerprint density at radius 3 is 2.36 bits per heavy atom. The van der Waals surface area contributed by atoms with Crippen molar-refractivity contribution in [3.8, 4) is 0 Å². The molecule has 0 radical (unpaired) electrons. The van der Waals surface area contributed by atoms with Gasteiger partial charge in [-0.1, -0.05) is 18.2 Å². The van der Waals surface area contributed by atoms with Crippen LogP contribution in [0.4, 0.5) is 0 Å². The van der Waals surface area contributed by atoms with E-state index in [1.165, 1.54) is 30.6 Å². The zero-order valence-electron chi connectivity index (χ0n) is 15.2. The normalized spacial score (nSPS) is 11.6. The third-order valence-corrected chi connectivity index (χ3v) is 4.45. The van der Waals surface area contributed by atoms with Crippen molar-refractivity contribution in [2.75, 3.05) is 32.9 Å². The van der Waals surface area contributed by atoms with E-state index < -0.39 is 24.3 Å². The zero-order chi connectivity index (χ0) is 19.2. The third kappa shape index (κ3) is 11.5. The molecule has 0 fully saturated rings. The van der Waals surface area contributed by atoms with E-state index in [0.717, 1.165) is 18.6 Å². The molecule has 0 spiro atoms. The zero-order valence-corrected chi connectivity index (χ0v) is 16.0. The first kappa shape index (κ1) is 23.4. The predicted octanol–water partition coefficient (Wildman–Crippen LogP) is 0.464. The minimum atomic E-state index is -1.13. The molecule has 0 aromatic heterocycles. The summed E-state index contributed by atoms with van der Waals surface area (Å²) in [5.74, 6) is -1.12. The lowest BCUT2D eigenvalue weighted by Crippen LogP contribution is -2.49.